The summed E-state index contributed by atoms with van der Waals surface area (Å²) in [5.74, 6) is -22.7. The normalized spacial score (nSPS) is 14.7. The zero-order valence-electron chi connectivity index (χ0n) is 38.7. The van der Waals surface area contributed by atoms with Crippen molar-refractivity contribution < 1.29 is 84.0 Å². The fraction of sp³-hybridized carbons (Fsp3) is 0.0556. The van der Waals surface area contributed by atoms with Gasteiger partial charge >= 0.3 is 17.1 Å². The van der Waals surface area contributed by atoms with Gasteiger partial charge in [-0.1, -0.05) is 74.4 Å². The van der Waals surface area contributed by atoms with Crippen LogP contribution in [0.5, 0.6) is 17.2 Å². The minimum Gasteiger partial charge on any atom is -0.664 e. The molecule has 6 aromatic rings. The Kier molecular flexibility index (Phi) is 18.9. The third-order valence-electron chi connectivity index (χ3n) is 10.3. The molecule has 0 N–H and O–H groups in total. The molecule has 9 nitrogen and oxygen atoms in total. The Bertz CT molecular complexity index is 2970. The van der Waals surface area contributed by atoms with Crippen LogP contribution in [-0.4, -0.2) is 38.5 Å². The summed E-state index contributed by atoms with van der Waals surface area (Å²) in [6.07, 6.45) is 20.9. The van der Waals surface area contributed by atoms with Crippen LogP contribution in [0.4, 0.5) is 52.7 Å². The summed E-state index contributed by atoms with van der Waals surface area (Å²) in [5, 5.41) is 0. The van der Waals surface area contributed by atoms with Crippen LogP contribution in [0.3, 0.4) is 0 Å². The average molecular weight is 1100 g/mol. The van der Waals surface area contributed by atoms with Gasteiger partial charge < -0.3 is 29.2 Å². The van der Waals surface area contributed by atoms with Gasteiger partial charge in [0.05, 0.1) is 33.8 Å². The van der Waals surface area contributed by atoms with E-state index in [1.807, 2.05) is 0 Å². The van der Waals surface area contributed by atoms with Crippen LogP contribution in [-0.2, 0) is 17.1 Å². The average Bonchev–Trinajstić information content (AvgIpc) is 4.27. The van der Waals surface area contributed by atoms with Crippen LogP contribution in [0.1, 0.15) is 33.8 Å². The number of benzene rings is 3. The maximum absolute atomic E-state index is 14.6. The monoisotopic (exact) mass is 1100 g/mol. The zero-order chi connectivity index (χ0) is 53.9. The third-order valence-corrected chi connectivity index (χ3v) is 10.3. The van der Waals surface area contributed by atoms with E-state index in [2.05, 4.69) is 49.7 Å². The standard InChI is InChI=1S/3C18H11F4N2O.Fe/c3*1-2-9-25-18-16(21)14(19)13(15(20)17(18)22)12(10-5-3-7-23-10)11-6-4-8-24-11;/h3*2-8H,1,9H2;/q3*-1;+3/b3*12-10+;. The first-order valence-corrected chi connectivity index (χ1v) is 21.6. The Morgan fingerprint density at radius 2 is 0.632 bits per heavy atom. The van der Waals surface area contributed by atoms with Crippen molar-refractivity contribution in [3.8, 4) is 17.2 Å². The molecule has 0 amide bonds. The molecule has 0 saturated heterocycles. The van der Waals surface area contributed by atoms with Crippen molar-refractivity contribution in [1.82, 2.24) is 15.0 Å². The first-order valence-electron chi connectivity index (χ1n) is 21.6. The predicted molar refractivity (Wildman–Crippen MR) is 256 cm³/mol. The quantitative estimate of drug-likeness (QED) is 0.0439. The van der Waals surface area contributed by atoms with Crippen molar-refractivity contribution in [2.24, 2.45) is 15.0 Å². The SMILES string of the molecule is C=CCOc1c(F)c(F)c(/C(=C2\C=CC=N2)c2ccc[n-]2)c(F)c1F.C=CCOc1c(F)c(F)c(/C(=C2\C=CC=N2)c2ccc[n-]2)c(F)c1F.C=CCOc1c(F)c(F)c(/C(=C2\C=CC=N2)c2ccc[n-]2)c(F)c1F.[Fe+3]. The minimum atomic E-state index is -1.63. The molecule has 389 valence electrons. The molecule has 0 bridgehead atoms. The number of allylic oxidation sites excluding steroid dienone is 6. The van der Waals surface area contributed by atoms with Gasteiger partial charge in [0.25, 0.3) is 0 Å². The first kappa shape index (κ1) is 56.5. The Labute approximate surface area is 434 Å². The van der Waals surface area contributed by atoms with Crippen molar-refractivity contribution in [2.75, 3.05) is 19.8 Å². The van der Waals surface area contributed by atoms with E-state index in [1.54, 1.807) is 0 Å². The molecule has 0 atom stereocenters. The number of aromatic nitrogens is 3. The maximum atomic E-state index is 14.6. The van der Waals surface area contributed by atoms with E-state index in [-0.39, 0.29) is 87.8 Å². The number of rotatable bonds is 15. The van der Waals surface area contributed by atoms with Crippen LogP contribution in [0, 0.1) is 69.8 Å². The number of hydrogen-bond acceptors (Lipinski definition) is 6. The minimum absolute atomic E-state index is 0. The Morgan fingerprint density at radius 1 is 0.395 bits per heavy atom. The fourth-order valence-corrected chi connectivity index (χ4v) is 7.15. The van der Waals surface area contributed by atoms with E-state index in [1.165, 1.54) is 128 Å². The molecule has 0 unspecified atom stereocenters. The van der Waals surface area contributed by atoms with E-state index in [0.717, 1.165) is 0 Å². The largest absolute Gasteiger partial charge is 3.00 e. The van der Waals surface area contributed by atoms with Crippen LogP contribution < -0.4 is 29.2 Å². The molecule has 3 aromatic heterocycles. The van der Waals surface area contributed by atoms with E-state index < -0.39 is 104 Å². The number of halogens is 12. The number of nitrogens with zero attached hydrogens (tertiary/aromatic N) is 6. The molecule has 3 aliphatic heterocycles. The summed E-state index contributed by atoms with van der Waals surface area (Å²) in [5.41, 5.74) is -2.33. The van der Waals surface area contributed by atoms with Crippen molar-refractivity contribution >= 4 is 35.4 Å². The molecule has 3 aromatic carbocycles. The summed E-state index contributed by atoms with van der Waals surface area (Å²) in [7, 11) is 0. The van der Waals surface area contributed by atoms with E-state index >= 15 is 0 Å². The summed E-state index contributed by atoms with van der Waals surface area (Å²) in [4.78, 5) is 23.8. The van der Waals surface area contributed by atoms with Crippen molar-refractivity contribution in [3.63, 3.8) is 0 Å². The number of aliphatic imine (C=N–C) groups is 3. The number of ether oxygens (including phenoxy) is 3. The van der Waals surface area contributed by atoms with Crippen LogP contribution in [0.25, 0.3) is 16.7 Å². The van der Waals surface area contributed by atoms with Crippen molar-refractivity contribution in [1.29, 1.82) is 0 Å². The maximum Gasteiger partial charge on any atom is 3.00 e. The van der Waals surface area contributed by atoms with Gasteiger partial charge in [-0.05, 0) is 53.2 Å². The molecule has 0 fully saturated rings. The van der Waals surface area contributed by atoms with Gasteiger partial charge in [-0.3, -0.25) is 15.0 Å². The van der Waals surface area contributed by atoms with E-state index in [4.69, 9.17) is 14.2 Å². The predicted octanol–water partition coefficient (Wildman–Crippen LogP) is 12.5. The summed E-state index contributed by atoms with van der Waals surface area (Å²) >= 11 is 0. The topological polar surface area (TPSA) is 107 Å². The molecular weight excluding hydrogens is 1060 g/mol. The van der Waals surface area contributed by atoms with E-state index in [0.29, 0.717) is 0 Å². The van der Waals surface area contributed by atoms with Crippen LogP contribution >= 0.6 is 0 Å². The van der Waals surface area contributed by atoms with Gasteiger partial charge in [0, 0.05) is 18.6 Å². The second kappa shape index (κ2) is 25.5. The Balaban J connectivity index is 0.000000184. The molecule has 22 heteroatoms. The van der Waals surface area contributed by atoms with Gasteiger partial charge in [0.15, 0.2) is 52.2 Å². The summed E-state index contributed by atoms with van der Waals surface area (Å²) < 4.78 is 187. The second-order valence-electron chi connectivity index (χ2n) is 14.9. The molecule has 0 aliphatic carbocycles. The van der Waals surface area contributed by atoms with Gasteiger partial charge in [-0.15, -0.1) is 17.1 Å². The Hall–Kier alpha value is -8.75. The summed E-state index contributed by atoms with van der Waals surface area (Å²) in [6, 6.07) is 8.97. The smallest absolute Gasteiger partial charge is 0.664 e. The fourth-order valence-electron chi connectivity index (χ4n) is 7.15. The molecule has 1 radical (unpaired) electrons. The molecular formula is C54H33F12FeN6O3. The van der Waals surface area contributed by atoms with Gasteiger partial charge in [0.2, 0.25) is 34.9 Å². The first-order chi connectivity index (χ1) is 36.2. The van der Waals surface area contributed by atoms with Gasteiger partial charge in [0.1, 0.15) is 19.8 Å². The molecule has 76 heavy (non-hydrogen) atoms. The zero-order valence-corrected chi connectivity index (χ0v) is 39.8. The van der Waals surface area contributed by atoms with Crippen LogP contribution in [0.15, 0.2) is 161 Å². The third kappa shape index (κ3) is 11.5. The van der Waals surface area contributed by atoms with Gasteiger partial charge in [-0.2, -0.15) is 44.9 Å². The Morgan fingerprint density at radius 3 is 0.803 bits per heavy atom. The number of hydrogen-bond donors (Lipinski definition) is 0. The molecule has 0 spiro atoms. The molecule has 6 heterocycles. The second-order valence-corrected chi connectivity index (χ2v) is 14.9. The summed E-state index contributed by atoms with van der Waals surface area (Å²) in [6.45, 7) is 9.02. The van der Waals surface area contributed by atoms with Crippen molar-refractivity contribution in [2.45, 2.75) is 0 Å². The molecule has 0 saturated carbocycles. The van der Waals surface area contributed by atoms with Gasteiger partial charge in [-0.25, -0.2) is 26.3 Å². The van der Waals surface area contributed by atoms with E-state index in [9.17, 15) is 52.7 Å². The van der Waals surface area contributed by atoms with Crippen LogP contribution in [0.2, 0.25) is 0 Å². The molecule has 9 rings (SSSR count). The molecule has 3 aliphatic rings. The van der Waals surface area contributed by atoms with Crippen molar-refractivity contribution in [3.05, 3.63) is 250 Å².